The summed E-state index contributed by atoms with van der Waals surface area (Å²) in [6, 6.07) is 18.7. The second kappa shape index (κ2) is 8.94. The molecule has 0 saturated heterocycles. The number of imide groups is 1. The van der Waals surface area contributed by atoms with Gasteiger partial charge in [-0.15, -0.1) is 0 Å². The summed E-state index contributed by atoms with van der Waals surface area (Å²) < 4.78 is 5.51. The van der Waals surface area contributed by atoms with Crippen LogP contribution in [0.1, 0.15) is 34.7 Å². The lowest BCUT2D eigenvalue weighted by Crippen LogP contribution is -2.32. The van der Waals surface area contributed by atoms with Crippen LogP contribution in [0.2, 0.25) is 0 Å². The number of nitrogens with one attached hydrogen (secondary N) is 1. The first kappa shape index (κ1) is 22.3. The smallest absolute Gasteiger partial charge is 0.282 e. The number of hydrogen-bond acceptors (Lipinski definition) is 4. The van der Waals surface area contributed by atoms with Gasteiger partial charge < -0.3 is 10.1 Å². The maximum Gasteiger partial charge on any atom is 0.282 e. The van der Waals surface area contributed by atoms with E-state index in [-0.39, 0.29) is 17.5 Å². The second-order valence-corrected chi connectivity index (χ2v) is 8.29. The molecular formula is C28H28N2O3. The average molecular weight is 441 g/mol. The molecule has 0 saturated carbocycles. The van der Waals surface area contributed by atoms with Crippen molar-refractivity contribution in [2.75, 3.05) is 16.8 Å². The lowest BCUT2D eigenvalue weighted by atomic mass is 9.99. The van der Waals surface area contributed by atoms with Gasteiger partial charge in [0.15, 0.2) is 0 Å². The highest BCUT2D eigenvalue weighted by molar-refractivity contribution is 6.46. The lowest BCUT2D eigenvalue weighted by molar-refractivity contribution is -0.120. The molecule has 4 rings (SSSR count). The number of ether oxygens (including phenoxy) is 1. The zero-order valence-electron chi connectivity index (χ0n) is 19.7. The van der Waals surface area contributed by atoms with Crippen molar-refractivity contribution >= 4 is 28.8 Å². The maximum absolute atomic E-state index is 13.7. The van der Waals surface area contributed by atoms with Crippen molar-refractivity contribution in [2.45, 2.75) is 34.6 Å². The van der Waals surface area contributed by atoms with Crippen LogP contribution in [0.5, 0.6) is 5.75 Å². The van der Waals surface area contributed by atoms with Crippen molar-refractivity contribution in [2.24, 2.45) is 0 Å². The highest BCUT2D eigenvalue weighted by Gasteiger charge is 2.40. The van der Waals surface area contributed by atoms with Gasteiger partial charge >= 0.3 is 0 Å². The predicted octanol–water partition coefficient (Wildman–Crippen LogP) is 5.72. The number of hydrogen-bond donors (Lipinski definition) is 1. The second-order valence-electron chi connectivity index (χ2n) is 8.29. The first-order valence-corrected chi connectivity index (χ1v) is 11.1. The largest absolute Gasteiger partial charge is 0.494 e. The fourth-order valence-corrected chi connectivity index (χ4v) is 3.92. The van der Waals surface area contributed by atoms with Gasteiger partial charge in [0.1, 0.15) is 11.4 Å². The number of carbonyl (C=O) groups is 2. The molecule has 168 valence electrons. The number of aryl methyl sites for hydroxylation is 3. The van der Waals surface area contributed by atoms with E-state index in [9.17, 15) is 9.59 Å². The number of carbonyl (C=O) groups excluding carboxylic acids is 2. The van der Waals surface area contributed by atoms with E-state index in [1.807, 2.05) is 71.0 Å². The molecule has 0 bridgehead atoms. The Morgan fingerprint density at radius 1 is 0.818 bits per heavy atom. The summed E-state index contributed by atoms with van der Waals surface area (Å²) in [5, 5.41) is 3.29. The zero-order chi connectivity index (χ0) is 23.7. The van der Waals surface area contributed by atoms with Crippen molar-refractivity contribution < 1.29 is 14.3 Å². The Morgan fingerprint density at radius 2 is 1.55 bits per heavy atom. The Bertz CT molecular complexity index is 1270. The van der Waals surface area contributed by atoms with Crippen LogP contribution < -0.4 is 15.0 Å². The third-order valence-corrected chi connectivity index (χ3v) is 6.15. The van der Waals surface area contributed by atoms with E-state index >= 15 is 0 Å². The Hall–Kier alpha value is -3.86. The van der Waals surface area contributed by atoms with Gasteiger partial charge in [0.25, 0.3) is 11.8 Å². The fourth-order valence-electron chi connectivity index (χ4n) is 3.92. The third-order valence-electron chi connectivity index (χ3n) is 6.15. The number of rotatable bonds is 6. The molecule has 2 amide bonds. The minimum Gasteiger partial charge on any atom is -0.494 e. The monoisotopic (exact) mass is 440 g/mol. The van der Waals surface area contributed by atoms with Crippen molar-refractivity contribution in [1.29, 1.82) is 0 Å². The summed E-state index contributed by atoms with van der Waals surface area (Å²) in [5.41, 5.74) is 7.02. The summed E-state index contributed by atoms with van der Waals surface area (Å²) >= 11 is 0. The molecule has 0 unspecified atom stereocenters. The Kier molecular flexibility index (Phi) is 6.05. The molecule has 3 aromatic carbocycles. The molecule has 33 heavy (non-hydrogen) atoms. The molecule has 0 aromatic heterocycles. The van der Waals surface area contributed by atoms with Crippen LogP contribution >= 0.6 is 0 Å². The normalized spacial score (nSPS) is 13.7. The van der Waals surface area contributed by atoms with Gasteiger partial charge in [0, 0.05) is 5.69 Å². The topological polar surface area (TPSA) is 58.6 Å². The van der Waals surface area contributed by atoms with Gasteiger partial charge in [-0.25, -0.2) is 4.90 Å². The third kappa shape index (κ3) is 4.14. The molecule has 0 radical (unpaired) electrons. The number of anilines is 2. The van der Waals surface area contributed by atoms with Crippen LogP contribution in [0.25, 0.3) is 5.57 Å². The summed E-state index contributed by atoms with van der Waals surface area (Å²) in [7, 11) is 0. The molecule has 3 aromatic rings. The lowest BCUT2D eigenvalue weighted by Gasteiger charge is -2.16. The van der Waals surface area contributed by atoms with Crippen LogP contribution in [0.4, 0.5) is 11.4 Å². The van der Waals surface area contributed by atoms with E-state index in [2.05, 4.69) is 5.32 Å². The molecule has 0 atom stereocenters. The van der Waals surface area contributed by atoms with E-state index in [1.54, 1.807) is 24.3 Å². The molecular weight excluding hydrogens is 412 g/mol. The first-order valence-electron chi connectivity index (χ1n) is 11.1. The molecule has 1 aliphatic heterocycles. The van der Waals surface area contributed by atoms with Crippen molar-refractivity contribution in [3.63, 3.8) is 0 Å². The molecule has 0 aliphatic carbocycles. The van der Waals surface area contributed by atoms with Crippen LogP contribution in [-0.2, 0) is 9.59 Å². The molecule has 5 heteroatoms. The standard InChI is InChI=1S/C28H28N2O3/c1-6-33-23-14-12-22(13-15-23)30-27(31)25(21-11-10-17(2)19(4)16-21)26(28(30)32)29-24-9-7-8-18(3)20(24)5/h7-16,29H,6H2,1-5H3. The number of amides is 2. The van der Waals surface area contributed by atoms with Crippen LogP contribution in [-0.4, -0.2) is 18.4 Å². The molecule has 0 fully saturated rings. The summed E-state index contributed by atoms with van der Waals surface area (Å²) in [6.45, 7) is 10.5. The van der Waals surface area contributed by atoms with E-state index in [1.165, 1.54) is 4.90 Å². The predicted molar refractivity (Wildman–Crippen MR) is 132 cm³/mol. The Balaban J connectivity index is 1.82. The highest BCUT2D eigenvalue weighted by atomic mass is 16.5. The van der Waals surface area contributed by atoms with Crippen LogP contribution in [0.15, 0.2) is 66.4 Å². The molecule has 1 N–H and O–H groups in total. The Morgan fingerprint density at radius 3 is 2.21 bits per heavy atom. The minimum absolute atomic E-state index is 0.283. The van der Waals surface area contributed by atoms with E-state index in [0.717, 1.165) is 33.5 Å². The molecule has 1 aliphatic rings. The van der Waals surface area contributed by atoms with E-state index in [0.29, 0.717) is 23.6 Å². The average Bonchev–Trinajstić information content (AvgIpc) is 3.03. The minimum atomic E-state index is -0.377. The number of nitrogens with zero attached hydrogens (tertiary/aromatic N) is 1. The van der Waals surface area contributed by atoms with Gasteiger partial charge in [-0.1, -0.05) is 30.3 Å². The van der Waals surface area contributed by atoms with E-state index < -0.39 is 0 Å². The fraction of sp³-hybridized carbons (Fsp3) is 0.214. The van der Waals surface area contributed by atoms with Crippen molar-refractivity contribution in [3.05, 3.63) is 94.2 Å². The first-order chi connectivity index (χ1) is 15.8. The van der Waals surface area contributed by atoms with Gasteiger partial charge in [0.2, 0.25) is 0 Å². The van der Waals surface area contributed by atoms with Crippen molar-refractivity contribution in [3.8, 4) is 5.75 Å². The van der Waals surface area contributed by atoms with Gasteiger partial charge in [-0.2, -0.15) is 0 Å². The van der Waals surface area contributed by atoms with Crippen LogP contribution in [0, 0.1) is 27.7 Å². The van der Waals surface area contributed by atoms with Gasteiger partial charge in [-0.3, -0.25) is 9.59 Å². The van der Waals surface area contributed by atoms with E-state index in [4.69, 9.17) is 4.74 Å². The molecule has 5 nitrogen and oxygen atoms in total. The summed E-state index contributed by atoms with van der Waals surface area (Å²) in [5.74, 6) is -0.0325. The highest BCUT2D eigenvalue weighted by Crippen LogP contribution is 2.35. The zero-order valence-corrected chi connectivity index (χ0v) is 19.7. The van der Waals surface area contributed by atoms with Crippen LogP contribution in [0.3, 0.4) is 0 Å². The quantitative estimate of drug-likeness (QED) is 0.499. The molecule has 0 spiro atoms. The summed E-state index contributed by atoms with van der Waals surface area (Å²) in [6.07, 6.45) is 0. The summed E-state index contributed by atoms with van der Waals surface area (Å²) in [4.78, 5) is 28.5. The van der Waals surface area contributed by atoms with Gasteiger partial charge in [0.05, 0.1) is 17.9 Å². The maximum atomic E-state index is 13.7. The Labute approximate surface area is 194 Å². The molecule has 1 heterocycles. The number of benzene rings is 3. The SMILES string of the molecule is CCOc1ccc(N2C(=O)C(Nc3cccc(C)c3C)=C(c3ccc(C)c(C)c3)C2=O)cc1. The van der Waals surface area contributed by atoms with Gasteiger partial charge in [-0.05, 0) is 92.8 Å². The van der Waals surface area contributed by atoms with Crippen molar-refractivity contribution in [1.82, 2.24) is 0 Å².